The fourth-order valence-electron chi connectivity index (χ4n) is 3.52. The summed E-state index contributed by atoms with van der Waals surface area (Å²) in [7, 11) is -3.33. The van der Waals surface area contributed by atoms with Crippen LogP contribution in [0.15, 0.2) is 54.7 Å². The minimum atomic E-state index is -3.33. The van der Waals surface area contributed by atoms with Gasteiger partial charge in [-0.2, -0.15) is 0 Å². The first-order valence-corrected chi connectivity index (χ1v) is 12.5. The van der Waals surface area contributed by atoms with Crippen molar-refractivity contribution in [1.29, 1.82) is 0 Å². The highest BCUT2D eigenvalue weighted by molar-refractivity contribution is 7.53. The van der Waals surface area contributed by atoms with E-state index in [1.807, 2.05) is 42.6 Å². The van der Waals surface area contributed by atoms with Crippen LogP contribution in [0.4, 0.5) is 0 Å². The minimum absolute atomic E-state index is 0.159. The predicted molar refractivity (Wildman–Crippen MR) is 124 cm³/mol. The molecule has 0 saturated heterocycles. The van der Waals surface area contributed by atoms with Crippen molar-refractivity contribution in [3.8, 4) is 5.75 Å². The van der Waals surface area contributed by atoms with Gasteiger partial charge < -0.3 is 23.1 Å². The molecule has 0 aliphatic rings. The van der Waals surface area contributed by atoms with Gasteiger partial charge in [-0.25, -0.2) is 0 Å². The van der Waals surface area contributed by atoms with Gasteiger partial charge in [-0.15, -0.1) is 0 Å². The summed E-state index contributed by atoms with van der Waals surface area (Å²) < 4.78 is 36.3. The molecule has 0 saturated carbocycles. The van der Waals surface area contributed by atoms with Gasteiger partial charge in [0.1, 0.15) is 5.75 Å². The summed E-state index contributed by atoms with van der Waals surface area (Å²) in [4.78, 5) is 12.2. The van der Waals surface area contributed by atoms with Crippen LogP contribution in [0.1, 0.15) is 31.9 Å². The molecule has 0 aliphatic carbocycles. The Bertz CT molecular complexity index is 1070. The number of nitrogens with zero attached hydrogens (tertiary/aromatic N) is 1. The number of esters is 1. The SMILES string of the molecule is CCOC(=O)Cc1cn(Cc2ccccc2)c2ccc(OCP(=O)(OCC)OCC)cc12. The Morgan fingerprint density at radius 3 is 2.34 bits per heavy atom. The third kappa shape index (κ3) is 6.22. The summed E-state index contributed by atoms with van der Waals surface area (Å²) in [6, 6.07) is 15.7. The topological polar surface area (TPSA) is 76.0 Å². The molecule has 0 fully saturated rings. The molecule has 7 nitrogen and oxygen atoms in total. The standard InChI is InChI=1S/C24H30NO6P/c1-4-28-24(26)14-20-17-25(16-19-10-8-7-9-11-19)23-13-12-21(15-22(20)23)29-18-32(27,30-5-2)31-6-3/h7-13,15,17H,4-6,14,16,18H2,1-3H3. The number of carbonyl (C=O) groups is 1. The Hall–Kier alpha value is -2.60. The molecule has 0 N–H and O–H groups in total. The Morgan fingerprint density at radius 1 is 0.969 bits per heavy atom. The largest absolute Gasteiger partial charge is 0.481 e. The average Bonchev–Trinajstić information content (AvgIpc) is 3.10. The number of carbonyl (C=O) groups excluding carboxylic acids is 1. The van der Waals surface area contributed by atoms with Gasteiger partial charge in [0.2, 0.25) is 0 Å². The van der Waals surface area contributed by atoms with Crippen molar-refractivity contribution in [2.45, 2.75) is 33.7 Å². The maximum atomic E-state index is 12.7. The van der Waals surface area contributed by atoms with Gasteiger partial charge in [0.05, 0.1) is 26.2 Å². The van der Waals surface area contributed by atoms with Gasteiger partial charge in [-0.3, -0.25) is 9.36 Å². The second-order valence-electron chi connectivity index (χ2n) is 7.15. The second kappa shape index (κ2) is 11.3. The van der Waals surface area contributed by atoms with E-state index in [1.165, 1.54) is 0 Å². The zero-order chi connectivity index (χ0) is 23.0. The average molecular weight is 459 g/mol. The Balaban J connectivity index is 1.90. The van der Waals surface area contributed by atoms with Crippen LogP contribution in [-0.2, 0) is 36.1 Å². The molecule has 0 unspecified atom stereocenters. The Kier molecular flexibility index (Phi) is 8.51. The number of fused-ring (bicyclic) bond motifs is 1. The van der Waals surface area contributed by atoms with E-state index < -0.39 is 7.60 Å². The molecule has 0 aliphatic heterocycles. The van der Waals surface area contributed by atoms with Gasteiger partial charge in [0, 0.05) is 23.6 Å². The molecule has 3 rings (SSSR count). The van der Waals surface area contributed by atoms with Crippen molar-refractivity contribution in [3.63, 3.8) is 0 Å². The quantitative estimate of drug-likeness (QED) is 0.267. The smallest absolute Gasteiger partial charge is 0.367 e. The normalized spacial score (nSPS) is 11.6. The maximum absolute atomic E-state index is 12.7. The molecular formula is C24H30NO6P. The van der Waals surface area contributed by atoms with Crippen LogP contribution < -0.4 is 4.74 Å². The van der Waals surface area contributed by atoms with Crippen molar-refractivity contribution in [3.05, 3.63) is 65.9 Å². The predicted octanol–water partition coefficient (Wildman–Crippen LogP) is 5.40. The first-order valence-electron chi connectivity index (χ1n) is 10.8. The van der Waals surface area contributed by atoms with Crippen molar-refractivity contribution in [2.24, 2.45) is 0 Å². The van der Waals surface area contributed by atoms with E-state index in [1.54, 1.807) is 20.8 Å². The lowest BCUT2D eigenvalue weighted by atomic mass is 10.1. The van der Waals surface area contributed by atoms with E-state index in [-0.39, 0.29) is 32.0 Å². The molecule has 1 heterocycles. The first-order chi connectivity index (χ1) is 15.5. The van der Waals surface area contributed by atoms with Crippen LogP contribution in [0.3, 0.4) is 0 Å². The van der Waals surface area contributed by atoms with Crippen LogP contribution in [-0.4, -0.2) is 36.7 Å². The van der Waals surface area contributed by atoms with E-state index in [2.05, 4.69) is 16.7 Å². The molecule has 0 radical (unpaired) electrons. The fourth-order valence-corrected chi connectivity index (χ4v) is 4.84. The third-order valence-corrected chi connectivity index (χ3v) is 6.56. The van der Waals surface area contributed by atoms with Gasteiger partial charge in [0.25, 0.3) is 0 Å². The Morgan fingerprint density at radius 2 is 1.69 bits per heavy atom. The van der Waals surface area contributed by atoms with E-state index in [0.717, 1.165) is 22.0 Å². The second-order valence-corrected chi connectivity index (χ2v) is 9.14. The summed E-state index contributed by atoms with van der Waals surface area (Å²) >= 11 is 0. The zero-order valence-corrected chi connectivity index (χ0v) is 19.7. The molecule has 0 spiro atoms. The van der Waals surface area contributed by atoms with E-state index in [9.17, 15) is 9.36 Å². The molecule has 32 heavy (non-hydrogen) atoms. The number of hydrogen-bond acceptors (Lipinski definition) is 6. The summed E-state index contributed by atoms with van der Waals surface area (Å²) in [6.45, 7) is 6.85. The molecule has 0 bridgehead atoms. The van der Waals surface area contributed by atoms with Crippen molar-refractivity contribution in [1.82, 2.24) is 4.57 Å². The lowest BCUT2D eigenvalue weighted by Gasteiger charge is -2.17. The highest BCUT2D eigenvalue weighted by atomic mass is 31.2. The summed E-state index contributed by atoms with van der Waals surface area (Å²) in [5, 5.41) is 0.883. The highest BCUT2D eigenvalue weighted by Gasteiger charge is 2.25. The monoisotopic (exact) mass is 459 g/mol. The van der Waals surface area contributed by atoms with Gasteiger partial charge >= 0.3 is 13.6 Å². The minimum Gasteiger partial charge on any atom is -0.481 e. The third-order valence-electron chi connectivity index (χ3n) is 4.81. The molecule has 0 atom stereocenters. The van der Waals surface area contributed by atoms with E-state index >= 15 is 0 Å². The number of hydrogen-bond donors (Lipinski definition) is 0. The van der Waals surface area contributed by atoms with Crippen LogP contribution in [0.5, 0.6) is 5.75 Å². The lowest BCUT2D eigenvalue weighted by Crippen LogP contribution is -2.07. The van der Waals surface area contributed by atoms with Gasteiger partial charge in [-0.05, 0) is 50.1 Å². The van der Waals surface area contributed by atoms with Crippen molar-refractivity contribution >= 4 is 24.5 Å². The number of ether oxygens (including phenoxy) is 2. The summed E-state index contributed by atoms with van der Waals surface area (Å²) in [5.41, 5.74) is 2.97. The number of benzene rings is 2. The zero-order valence-electron chi connectivity index (χ0n) is 18.8. The van der Waals surface area contributed by atoms with Gasteiger partial charge in [0.15, 0.2) is 6.35 Å². The van der Waals surface area contributed by atoms with Crippen molar-refractivity contribution < 1.29 is 27.9 Å². The van der Waals surface area contributed by atoms with Crippen LogP contribution in [0.2, 0.25) is 0 Å². The lowest BCUT2D eigenvalue weighted by molar-refractivity contribution is -0.142. The summed E-state index contributed by atoms with van der Waals surface area (Å²) in [6.07, 6.45) is 1.95. The molecule has 0 amide bonds. The number of aromatic nitrogens is 1. The number of rotatable bonds is 12. The molecule has 3 aromatic rings. The molecule has 1 aromatic heterocycles. The first kappa shape index (κ1) is 24.1. The Labute approximate surface area is 188 Å². The summed E-state index contributed by atoms with van der Waals surface area (Å²) in [5.74, 6) is 0.245. The van der Waals surface area contributed by atoms with Crippen LogP contribution in [0, 0.1) is 0 Å². The van der Waals surface area contributed by atoms with Crippen LogP contribution in [0.25, 0.3) is 10.9 Å². The molecule has 2 aromatic carbocycles. The van der Waals surface area contributed by atoms with Crippen molar-refractivity contribution in [2.75, 3.05) is 26.2 Å². The molecule has 172 valence electrons. The fraction of sp³-hybridized carbons (Fsp3) is 0.375. The van der Waals surface area contributed by atoms with E-state index in [4.69, 9.17) is 18.5 Å². The van der Waals surface area contributed by atoms with E-state index in [0.29, 0.717) is 18.9 Å². The van der Waals surface area contributed by atoms with Crippen LogP contribution >= 0.6 is 7.60 Å². The molecule has 8 heteroatoms. The molecular weight excluding hydrogens is 429 g/mol. The van der Waals surface area contributed by atoms with Gasteiger partial charge in [-0.1, -0.05) is 30.3 Å². The maximum Gasteiger partial charge on any atom is 0.367 e. The highest BCUT2D eigenvalue weighted by Crippen LogP contribution is 2.48.